The third-order valence-electron chi connectivity index (χ3n) is 7.22. The van der Waals surface area contributed by atoms with Crippen molar-refractivity contribution in [2.24, 2.45) is 0 Å². The molecule has 0 bridgehead atoms. The average molecular weight is 604 g/mol. The van der Waals surface area contributed by atoms with Gasteiger partial charge in [0.05, 0.1) is 34.3 Å². The summed E-state index contributed by atoms with van der Waals surface area (Å²) < 4.78 is 76.2. The van der Waals surface area contributed by atoms with Crippen molar-refractivity contribution in [3.63, 3.8) is 0 Å². The Morgan fingerprint density at radius 1 is 1.10 bits per heavy atom. The first kappa shape index (κ1) is 28.0. The lowest BCUT2D eigenvalue weighted by molar-refractivity contribution is -0.141. The zero-order valence-electron chi connectivity index (χ0n) is 22.2. The number of aliphatic hydroxyl groups excluding tert-OH is 1. The predicted molar refractivity (Wildman–Crippen MR) is 143 cm³/mol. The van der Waals surface area contributed by atoms with Crippen LogP contribution < -0.4 is 4.90 Å². The Bertz CT molecular complexity index is 1820. The number of carbonyl (C=O) groups is 1. The van der Waals surface area contributed by atoms with Gasteiger partial charge in [-0.25, -0.2) is 18.7 Å². The van der Waals surface area contributed by atoms with Gasteiger partial charge in [0.15, 0.2) is 22.5 Å². The molecule has 1 amide bonds. The highest BCUT2D eigenvalue weighted by molar-refractivity contribution is 7.14. The monoisotopic (exact) mass is 603 g/mol. The number of hydrogen-bond donors (Lipinski definition) is 1. The summed E-state index contributed by atoms with van der Waals surface area (Å²) in [5.41, 5.74) is 1.73. The molecule has 0 aliphatic carbocycles. The van der Waals surface area contributed by atoms with Crippen LogP contribution in [-0.2, 0) is 17.6 Å². The molecule has 3 aromatic heterocycles. The number of carbonyl (C=O) groups excluding carboxylic acids is 1. The summed E-state index contributed by atoms with van der Waals surface area (Å²) in [5, 5.41) is 13.6. The van der Waals surface area contributed by atoms with Crippen LogP contribution >= 0.6 is 11.3 Å². The molecule has 1 atom stereocenters. The van der Waals surface area contributed by atoms with Gasteiger partial charge in [-0.05, 0) is 56.5 Å². The molecule has 0 saturated carbocycles. The fourth-order valence-corrected chi connectivity index (χ4v) is 6.37. The molecular weight excluding hydrogens is 581 g/mol. The summed E-state index contributed by atoms with van der Waals surface area (Å²) in [5.74, 6) is -1.86. The molecule has 6 rings (SSSR count). The summed E-state index contributed by atoms with van der Waals surface area (Å²) in [4.78, 5) is 22.8. The molecular formula is C28H22F5N5O3S. The lowest BCUT2D eigenvalue weighted by Gasteiger charge is -2.35. The molecule has 42 heavy (non-hydrogen) atoms. The number of halogens is 5. The van der Waals surface area contributed by atoms with E-state index in [1.54, 1.807) is 32.0 Å². The van der Waals surface area contributed by atoms with Gasteiger partial charge < -0.3 is 14.5 Å². The average Bonchev–Trinajstić information content (AvgIpc) is 3.64. The molecule has 5 aromatic rings. The van der Waals surface area contributed by atoms with Gasteiger partial charge >= 0.3 is 6.18 Å². The van der Waals surface area contributed by atoms with Crippen LogP contribution in [0.5, 0.6) is 0 Å². The highest BCUT2D eigenvalue weighted by Crippen LogP contribution is 2.42. The van der Waals surface area contributed by atoms with E-state index >= 15 is 0 Å². The summed E-state index contributed by atoms with van der Waals surface area (Å²) >= 11 is 0.650. The number of thiazole rings is 1. The Kier molecular flexibility index (Phi) is 6.84. The summed E-state index contributed by atoms with van der Waals surface area (Å²) in [6, 6.07) is 7.40. The minimum absolute atomic E-state index is 0.0878. The molecule has 1 N–H and O–H groups in total. The number of piperidine rings is 1. The van der Waals surface area contributed by atoms with E-state index in [4.69, 9.17) is 9.51 Å². The number of alkyl halides is 3. The minimum Gasteiger partial charge on any atom is -0.391 e. The molecule has 14 heteroatoms. The largest absolute Gasteiger partial charge is 0.434 e. The van der Waals surface area contributed by atoms with Gasteiger partial charge in [-0.1, -0.05) is 22.6 Å². The zero-order chi connectivity index (χ0) is 29.9. The van der Waals surface area contributed by atoms with E-state index in [9.17, 15) is 31.9 Å². The number of anilines is 1. The molecule has 4 heterocycles. The Hall–Kier alpha value is -4.17. The van der Waals surface area contributed by atoms with E-state index in [0.29, 0.717) is 52.2 Å². The van der Waals surface area contributed by atoms with Gasteiger partial charge in [0.2, 0.25) is 5.91 Å². The van der Waals surface area contributed by atoms with Crippen LogP contribution in [0.2, 0.25) is 0 Å². The van der Waals surface area contributed by atoms with Crippen molar-refractivity contribution in [2.45, 2.75) is 51.9 Å². The Morgan fingerprint density at radius 3 is 2.52 bits per heavy atom. The van der Waals surface area contributed by atoms with E-state index in [0.717, 1.165) is 17.7 Å². The van der Waals surface area contributed by atoms with Gasteiger partial charge in [-0.15, -0.1) is 0 Å². The first-order valence-electron chi connectivity index (χ1n) is 12.9. The lowest BCUT2D eigenvalue weighted by atomic mass is 9.99. The van der Waals surface area contributed by atoms with Gasteiger partial charge in [-0.3, -0.25) is 9.36 Å². The maximum Gasteiger partial charge on any atom is 0.434 e. The number of amides is 1. The third-order valence-corrected chi connectivity index (χ3v) is 8.25. The smallest absolute Gasteiger partial charge is 0.391 e. The summed E-state index contributed by atoms with van der Waals surface area (Å²) in [6.07, 6.45) is -3.91. The van der Waals surface area contributed by atoms with E-state index in [2.05, 4.69) is 10.1 Å². The molecule has 0 spiro atoms. The van der Waals surface area contributed by atoms with Gasteiger partial charge in [0.1, 0.15) is 11.6 Å². The second kappa shape index (κ2) is 10.3. The topological polar surface area (TPSA) is 97.3 Å². The zero-order valence-corrected chi connectivity index (χ0v) is 23.0. The standard InChI is InChI=1S/C28H22F5N5O3S/c1-13-24(14(2)41-36-13)15-6-9-20-19(10-15)34-26(38(20)27-35-25(28(31,32)33)22(12-39)42-27)21-4-3-5-23(40)37(21)16-7-8-17(29)18(30)11-16/h6-11,21,39H,3-5,12H2,1-2H3. The van der Waals surface area contributed by atoms with Crippen LogP contribution in [0.4, 0.5) is 27.6 Å². The van der Waals surface area contributed by atoms with Crippen molar-refractivity contribution < 1.29 is 36.4 Å². The number of benzene rings is 2. The molecule has 0 radical (unpaired) electrons. The van der Waals surface area contributed by atoms with Crippen LogP contribution in [0, 0.1) is 25.5 Å². The first-order valence-corrected chi connectivity index (χ1v) is 13.7. The Morgan fingerprint density at radius 2 is 1.88 bits per heavy atom. The second-order valence-corrected chi connectivity index (χ2v) is 11.0. The van der Waals surface area contributed by atoms with E-state index in [1.807, 2.05) is 0 Å². The number of aliphatic hydroxyl groups is 1. The van der Waals surface area contributed by atoms with Crippen LogP contribution in [0.3, 0.4) is 0 Å². The van der Waals surface area contributed by atoms with Crippen LogP contribution in [0.15, 0.2) is 40.9 Å². The van der Waals surface area contributed by atoms with Gasteiger partial charge in [-0.2, -0.15) is 13.2 Å². The highest BCUT2D eigenvalue weighted by Gasteiger charge is 2.39. The minimum atomic E-state index is -4.82. The van der Waals surface area contributed by atoms with E-state index in [-0.39, 0.29) is 33.8 Å². The number of imidazole rings is 1. The molecule has 1 aliphatic rings. The first-order chi connectivity index (χ1) is 20.0. The van der Waals surface area contributed by atoms with Crippen LogP contribution in [-0.4, -0.2) is 30.7 Å². The lowest BCUT2D eigenvalue weighted by Crippen LogP contribution is -2.39. The van der Waals surface area contributed by atoms with Crippen molar-refractivity contribution >= 4 is 34.0 Å². The Balaban J connectivity index is 1.60. The fourth-order valence-electron chi connectivity index (χ4n) is 5.41. The molecule has 1 aliphatic heterocycles. The van der Waals surface area contributed by atoms with E-state index < -0.39 is 36.2 Å². The number of aromatic nitrogens is 4. The van der Waals surface area contributed by atoms with Gasteiger partial charge in [0, 0.05) is 23.7 Å². The van der Waals surface area contributed by atoms with Crippen LogP contribution in [0.1, 0.15) is 53.2 Å². The highest BCUT2D eigenvalue weighted by atomic mass is 32.1. The number of aryl methyl sites for hydroxylation is 2. The normalized spacial score (nSPS) is 16.1. The number of hydrogen-bond acceptors (Lipinski definition) is 7. The number of nitrogens with zero attached hydrogens (tertiary/aromatic N) is 5. The predicted octanol–water partition coefficient (Wildman–Crippen LogP) is 6.80. The molecule has 1 saturated heterocycles. The van der Waals surface area contributed by atoms with Crippen molar-refractivity contribution in [3.8, 4) is 16.3 Å². The van der Waals surface area contributed by atoms with E-state index in [1.165, 1.54) is 15.5 Å². The molecule has 1 unspecified atom stereocenters. The van der Waals surface area contributed by atoms with Gasteiger partial charge in [0.25, 0.3) is 0 Å². The number of rotatable bonds is 5. The molecule has 2 aromatic carbocycles. The SMILES string of the molecule is Cc1noc(C)c1-c1ccc2c(c1)nc(C1CCCC(=O)N1c1ccc(F)c(F)c1)n2-c1nc(C(F)(F)F)c(CO)s1. The fraction of sp³-hybridized carbons (Fsp3) is 0.286. The van der Waals surface area contributed by atoms with Crippen molar-refractivity contribution in [1.29, 1.82) is 0 Å². The number of fused-ring (bicyclic) bond motifs is 1. The summed E-state index contributed by atoms with van der Waals surface area (Å²) in [7, 11) is 0. The van der Waals surface area contributed by atoms with Crippen molar-refractivity contribution in [1.82, 2.24) is 19.7 Å². The molecule has 1 fully saturated rings. The maximum absolute atomic E-state index is 14.3. The summed E-state index contributed by atoms with van der Waals surface area (Å²) in [6.45, 7) is 2.65. The Labute approximate surface area is 239 Å². The van der Waals surface area contributed by atoms with Crippen molar-refractivity contribution in [2.75, 3.05) is 4.90 Å². The third kappa shape index (κ3) is 4.64. The van der Waals surface area contributed by atoms with Crippen LogP contribution in [0.25, 0.3) is 27.3 Å². The second-order valence-electron chi connectivity index (χ2n) is 9.90. The van der Waals surface area contributed by atoms with Crippen molar-refractivity contribution in [3.05, 3.63) is 75.9 Å². The quantitative estimate of drug-likeness (QED) is 0.222. The molecule has 8 nitrogen and oxygen atoms in total. The maximum atomic E-state index is 14.3. The molecule has 218 valence electrons.